The molecule has 5 heteroatoms. The molecule has 404 valence electrons. The summed E-state index contributed by atoms with van der Waals surface area (Å²) in [5, 5.41) is 2.51. The Morgan fingerprint density at radius 2 is 0.738 bits per heavy atom. The summed E-state index contributed by atoms with van der Waals surface area (Å²) in [5.74, 6) is 1.71. The summed E-state index contributed by atoms with van der Waals surface area (Å²) in [6.07, 6.45) is 6.64. The molecule has 5 heterocycles. The summed E-state index contributed by atoms with van der Waals surface area (Å²) < 4.78 is 2.50. The van der Waals surface area contributed by atoms with Crippen LogP contribution in [0, 0.1) is 11.8 Å². The zero-order valence-electron chi connectivity index (χ0n) is 48.0. The average molecular weight is 1080 g/mol. The maximum Gasteiger partial charge on any atom is 0.252 e. The molecule has 0 N–H and O–H groups in total. The quantitative estimate of drug-likeness (QED) is 0.141. The lowest BCUT2D eigenvalue weighted by Gasteiger charge is -2.57. The smallest absolute Gasteiger partial charge is 0.252 e. The molecular formula is C79H65BN4. The van der Waals surface area contributed by atoms with E-state index in [9.17, 15) is 0 Å². The first kappa shape index (κ1) is 49.3. The van der Waals surface area contributed by atoms with Crippen LogP contribution in [-0.4, -0.2) is 23.4 Å². The van der Waals surface area contributed by atoms with Crippen LogP contribution in [0.5, 0.6) is 0 Å². The number of anilines is 7. The van der Waals surface area contributed by atoms with Gasteiger partial charge in [0.05, 0.1) is 22.4 Å². The predicted molar refractivity (Wildman–Crippen MR) is 355 cm³/mol. The number of piperidine rings is 2. The van der Waals surface area contributed by atoms with Crippen LogP contribution in [0.25, 0.3) is 72.0 Å². The molecular weight excluding hydrogens is 1020 g/mol. The van der Waals surface area contributed by atoms with Gasteiger partial charge in [-0.25, -0.2) is 0 Å². The first-order chi connectivity index (χ1) is 41.3. The van der Waals surface area contributed by atoms with E-state index in [-0.39, 0.29) is 12.1 Å². The van der Waals surface area contributed by atoms with Crippen molar-refractivity contribution in [2.45, 2.75) is 70.4 Å². The second kappa shape index (κ2) is 19.1. The second-order valence-electron chi connectivity index (χ2n) is 25.6. The van der Waals surface area contributed by atoms with Crippen LogP contribution in [0.1, 0.15) is 58.4 Å². The predicted octanol–water partition coefficient (Wildman–Crippen LogP) is 18.6. The first-order valence-corrected chi connectivity index (χ1v) is 30.6. The first-order valence-electron chi connectivity index (χ1n) is 30.6. The van der Waals surface area contributed by atoms with Gasteiger partial charge in [0, 0.05) is 79.2 Å². The van der Waals surface area contributed by atoms with E-state index in [2.05, 4.69) is 295 Å². The molecule has 12 aromatic rings. The number of nitrogens with zero attached hydrogens (tertiary/aromatic N) is 4. The van der Waals surface area contributed by atoms with E-state index >= 15 is 0 Å². The number of para-hydroxylation sites is 4. The van der Waals surface area contributed by atoms with Crippen LogP contribution in [0.15, 0.2) is 255 Å². The monoisotopic (exact) mass is 1080 g/mol. The Morgan fingerprint density at radius 1 is 0.357 bits per heavy atom. The molecule has 18 rings (SSSR count). The summed E-state index contributed by atoms with van der Waals surface area (Å²) in [6, 6.07) is 97.9. The molecule has 84 heavy (non-hydrogen) atoms. The normalized spacial score (nSPS) is 18.3. The Bertz CT molecular complexity index is 4360. The number of hydrogen-bond donors (Lipinski definition) is 0. The maximum atomic E-state index is 2.90. The lowest BCUT2D eigenvalue weighted by atomic mass is 9.33. The van der Waals surface area contributed by atoms with Gasteiger partial charge in [-0.15, -0.1) is 0 Å². The average Bonchev–Trinajstić information content (AvgIpc) is 0.926. The van der Waals surface area contributed by atoms with Crippen LogP contribution >= 0.6 is 0 Å². The third-order valence-corrected chi connectivity index (χ3v) is 19.8. The SMILES string of the molecule is CC(C)(C)c1cc2c3c(c1)N(c1c(-c4ccccc4)cccc1-c1ccccc1)c1cc(-n4c5ccccc5c5ccccc54)ccc1B3c1ccc(N3C4CC5CC(C4)CC3C5)cc1N2c1c(-c2ccccc2)cccc1-c1ccccc1. The maximum absolute atomic E-state index is 2.90. The minimum Gasteiger partial charge on any atom is -0.365 e. The Kier molecular flexibility index (Phi) is 11.2. The Balaban J connectivity index is 1.02. The molecule has 4 nitrogen and oxygen atoms in total. The molecule has 6 aliphatic rings. The number of hydrogen-bond acceptors (Lipinski definition) is 3. The molecule has 4 aliphatic heterocycles. The van der Waals surface area contributed by atoms with Crippen LogP contribution in [0.3, 0.4) is 0 Å². The van der Waals surface area contributed by atoms with Gasteiger partial charge in [0.15, 0.2) is 0 Å². The van der Waals surface area contributed by atoms with E-state index in [1.165, 1.54) is 160 Å². The lowest BCUT2D eigenvalue weighted by molar-refractivity contribution is 0.0900. The standard InChI is InChI=1S/C79H65BN4/c1-79(2,3)57-47-74-76-75(48-57)84(78-64(55-26-12-6-13-27-55)34-21-35-65(78)56-28-14-7-15-29-56)73-50-59(82-70-36-18-16-30-66(70)67-31-17-19-37-71(67)82)39-41-69(73)80(76)68-40-38-58(81-60-43-51-42-52(45-60)46-61(81)44-51)49-72(68)83(74)77-62(53-22-8-4-9-23-53)32-20-33-63(77)54-24-10-5-11-25-54/h4-41,47-52,60-61H,42-46H2,1-3H3. The van der Waals surface area contributed by atoms with E-state index in [4.69, 9.17) is 0 Å². The highest BCUT2D eigenvalue weighted by atomic mass is 15.2. The number of rotatable bonds is 8. The number of benzene rings is 11. The Morgan fingerprint density at radius 3 is 1.15 bits per heavy atom. The summed E-state index contributed by atoms with van der Waals surface area (Å²) >= 11 is 0. The van der Waals surface area contributed by atoms with Crippen molar-refractivity contribution >= 4 is 84.7 Å². The highest BCUT2D eigenvalue weighted by molar-refractivity contribution is 7.00. The molecule has 0 radical (unpaired) electrons. The highest BCUT2D eigenvalue weighted by Gasteiger charge is 2.49. The minimum absolute atomic E-state index is 0.107. The van der Waals surface area contributed by atoms with Gasteiger partial charge in [-0.1, -0.05) is 227 Å². The van der Waals surface area contributed by atoms with Gasteiger partial charge in [0.1, 0.15) is 0 Å². The molecule has 4 fully saturated rings. The summed E-state index contributed by atoms with van der Waals surface area (Å²) in [6.45, 7) is 7.10. The van der Waals surface area contributed by atoms with Gasteiger partial charge in [0.2, 0.25) is 0 Å². The van der Waals surface area contributed by atoms with Crippen LogP contribution in [0.4, 0.5) is 39.8 Å². The Hall–Kier alpha value is -9.32. The topological polar surface area (TPSA) is 14.7 Å². The van der Waals surface area contributed by atoms with Gasteiger partial charge < -0.3 is 19.3 Å². The van der Waals surface area contributed by atoms with Crippen molar-refractivity contribution in [3.63, 3.8) is 0 Å². The van der Waals surface area contributed by atoms with E-state index in [1.807, 2.05) is 0 Å². The largest absolute Gasteiger partial charge is 0.365 e. The van der Waals surface area contributed by atoms with Gasteiger partial charge in [-0.2, -0.15) is 0 Å². The number of fused-ring (bicyclic) bond motifs is 7. The molecule has 2 aliphatic carbocycles. The van der Waals surface area contributed by atoms with Crippen molar-refractivity contribution in [1.29, 1.82) is 0 Å². The van der Waals surface area contributed by atoms with Gasteiger partial charge in [-0.05, 0) is 142 Å². The number of aromatic nitrogens is 1. The molecule has 2 saturated heterocycles. The van der Waals surface area contributed by atoms with E-state index in [1.54, 1.807) is 0 Å². The molecule has 4 bridgehead atoms. The minimum atomic E-state index is -0.236. The third kappa shape index (κ3) is 7.67. The van der Waals surface area contributed by atoms with Crippen molar-refractivity contribution in [2.75, 3.05) is 14.7 Å². The highest BCUT2D eigenvalue weighted by Crippen LogP contribution is 2.56. The second-order valence-corrected chi connectivity index (χ2v) is 25.6. The van der Waals surface area contributed by atoms with Crippen LogP contribution < -0.4 is 31.1 Å². The molecule has 1 aromatic heterocycles. The zero-order valence-corrected chi connectivity index (χ0v) is 48.0. The molecule has 0 atom stereocenters. The molecule has 0 spiro atoms. The molecule has 0 amide bonds. The molecule has 2 saturated carbocycles. The summed E-state index contributed by atoms with van der Waals surface area (Å²) in [4.78, 5) is 8.36. The fourth-order valence-corrected chi connectivity index (χ4v) is 16.3. The van der Waals surface area contributed by atoms with E-state index in [0.29, 0.717) is 12.1 Å². The van der Waals surface area contributed by atoms with Gasteiger partial charge >= 0.3 is 0 Å². The van der Waals surface area contributed by atoms with Crippen LogP contribution in [-0.2, 0) is 5.41 Å². The van der Waals surface area contributed by atoms with Gasteiger partial charge in [0.25, 0.3) is 6.71 Å². The Labute approximate surface area is 494 Å². The van der Waals surface area contributed by atoms with E-state index in [0.717, 1.165) is 17.5 Å². The van der Waals surface area contributed by atoms with E-state index < -0.39 is 0 Å². The third-order valence-electron chi connectivity index (χ3n) is 19.8. The fraction of sp³-hybridized carbons (Fsp3) is 0.165. The molecule has 0 unspecified atom stereocenters. The van der Waals surface area contributed by atoms with Crippen LogP contribution in [0.2, 0.25) is 0 Å². The van der Waals surface area contributed by atoms with Crippen molar-refractivity contribution < 1.29 is 0 Å². The summed E-state index contributed by atoms with van der Waals surface area (Å²) in [5.41, 5.74) is 26.7. The van der Waals surface area contributed by atoms with Gasteiger partial charge in [-0.3, -0.25) is 0 Å². The van der Waals surface area contributed by atoms with Crippen molar-refractivity contribution in [1.82, 2.24) is 4.57 Å². The lowest BCUT2D eigenvalue weighted by Crippen LogP contribution is -2.62. The molecule has 11 aromatic carbocycles. The van der Waals surface area contributed by atoms with Crippen molar-refractivity contribution in [3.8, 4) is 50.2 Å². The fourth-order valence-electron chi connectivity index (χ4n) is 16.3. The van der Waals surface area contributed by atoms with Crippen molar-refractivity contribution in [3.05, 3.63) is 260 Å². The summed E-state index contributed by atoms with van der Waals surface area (Å²) in [7, 11) is 0. The zero-order chi connectivity index (χ0) is 55.8. The van der Waals surface area contributed by atoms with Crippen molar-refractivity contribution in [2.24, 2.45) is 11.8 Å².